The number of anilines is 1. The lowest BCUT2D eigenvalue weighted by atomic mass is 10.1. The summed E-state index contributed by atoms with van der Waals surface area (Å²) in [6.07, 6.45) is 3.11. The number of rotatable bonds is 5. The highest BCUT2D eigenvalue weighted by Crippen LogP contribution is 2.37. The van der Waals surface area contributed by atoms with Crippen LogP contribution in [0.4, 0.5) is 5.82 Å². The van der Waals surface area contributed by atoms with Crippen LogP contribution in [0.15, 0.2) is 35.1 Å². The first-order chi connectivity index (χ1) is 9.70. The molecule has 1 aliphatic carbocycles. The molecule has 2 N–H and O–H groups in total. The molecular formula is C15H16ClN3O. The monoisotopic (exact) mass is 289 g/mol. The van der Waals surface area contributed by atoms with E-state index in [2.05, 4.69) is 15.3 Å². The standard InChI is InChI=1S/C15H16ClN3O/c16-12-5-1-10(2-6-12)7-8-17-13-9-14(20)19-15(18-13)11-3-4-11/h1-2,5-6,9,11H,3-4,7-8H2,(H2,17,18,19,20). The van der Waals surface area contributed by atoms with E-state index in [1.165, 1.54) is 11.6 Å². The maximum absolute atomic E-state index is 11.6. The quantitative estimate of drug-likeness (QED) is 0.890. The summed E-state index contributed by atoms with van der Waals surface area (Å²) in [6, 6.07) is 9.28. The maximum atomic E-state index is 11.6. The molecule has 1 saturated carbocycles. The number of nitrogens with zero attached hydrogens (tertiary/aromatic N) is 1. The molecular weight excluding hydrogens is 274 g/mol. The van der Waals surface area contributed by atoms with Crippen molar-refractivity contribution in [2.24, 2.45) is 0 Å². The minimum Gasteiger partial charge on any atom is -0.370 e. The predicted octanol–water partition coefficient (Wildman–Crippen LogP) is 2.96. The van der Waals surface area contributed by atoms with E-state index in [9.17, 15) is 4.79 Å². The Balaban J connectivity index is 1.60. The average Bonchev–Trinajstić information content (AvgIpc) is 3.25. The fraction of sp³-hybridized carbons (Fsp3) is 0.333. The zero-order valence-electron chi connectivity index (χ0n) is 11.0. The zero-order chi connectivity index (χ0) is 13.9. The second kappa shape index (κ2) is 5.67. The highest BCUT2D eigenvalue weighted by atomic mass is 35.5. The number of H-pyrrole nitrogens is 1. The molecule has 2 aromatic rings. The number of nitrogens with one attached hydrogen (secondary N) is 2. The van der Waals surface area contributed by atoms with Gasteiger partial charge in [0.25, 0.3) is 5.56 Å². The van der Waals surface area contributed by atoms with Crippen LogP contribution in [-0.2, 0) is 6.42 Å². The van der Waals surface area contributed by atoms with Gasteiger partial charge in [0.1, 0.15) is 11.6 Å². The Kier molecular flexibility index (Phi) is 3.74. The van der Waals surface area contributed by atoms with Crippen molar-refractivity contribution >= 4 is 17.4 Å². The van der Waals surface area contributed by atoms with Crippen molar-refractivity contribution in [2.45, 2.75) is 25.2 Å². The molecule has 1 fully saturated rings. The van der Waals surface area contributed by atoms with Crippen molar-refractivity contribution < 1.29 is 0 Å². The third kappa shape index (κ3) is 3.39. The van der Waals surface area contributed by atoms with Gasteiger partial charge in [-0.05, 0) is 37.0 Å². The molecule has 0 spiro atoms. The van der Waals surface area contributed by atoms with Crippen LogP contribution in [0.1, 0.15) is 30.1 Å². The SMILES string of the molecule is O=c1cc(NCCc2ccc(Cl)cc2)nc(C2CC2)[nH]1. The van der Waals surface area contributed by atoms with Crippen LogP contribution in [0.3, 0.4) is 0 Å². The second-order valence-corrected chi connectivity index (χ2v) is 5.53. The summed E-state index contributed by atoms with van der Waals surface area (Å²) in [5, 5.41) is 3.95. The summed E-state index contributed by atoms with van der Waals surface area (Å²) in [4.78, 5) is 18.8. The van der Waals surface area contributed by atoms with Gasteiger partial charge in [-0.2, -0.15) is 0 Å². The number of aromatic amines is 1. The van der Waals surface area contributed by atoms with Gasteiger partial charge in [-0.15, -0.1) is 0 Å². The number of hydrogen-bond acceptors (Lipinski definition) is 3. The van der Waals surface area contributed by atoms with Gasteiger partial charge in [0.05, 0.1) is 0 Å². The number of aromatic nitrogens is 2. The fourth-order valence-electron chi connectivity index (χ4n) is 2.10. The second-order valence-electron chi connectivity index (χ2n) is 5.09. The maximum Gasteiger partial charge on any atom is 0.252 e. The van der Waals surface area contributed by atoms with Crippen LogP contribution >= 0.6 is 11.6 Å². The molecule has 20 heavy (non-hydrogen) atoms. The third-order valence-corrected chi connectivity index (χ3v) is 3.61. The van der Waals surface area contributed by atoms with Crippen molar-refractivity contribution in [1.82, 2.24) is 9.97 Å². The van der Waals surface area contributed by atoms with Gasteiger partial charge in [0.2, 0.25) is 0 Å². The fourth-order valence-corrected chi connectivity index (χ4v) is 2.23. The highest BCUT2D eigenvalue weighted by Gasteiger charge is 2.26. The Hall–Kier alpha value is -1.81. The zero-order valence-corrected chi connectivity index (χ0v) is 11.8. The van der Waals surface area contributed by atoms with E-state index in [4.69, 9.17) is 11.6 Å². The van der Waals surface area contributed by atoms with E-state index < -0.39 is 0 Å². The van der Waals surface area contributed by atoms with E-state index in [1.807, 2.05) is 24.3 Å². The Morgan fingerprint density at radius 3 is 2.75 bits per heavy atom. The molecule has 0 amide bonds. The average molecular weight is 290 g/mol. The summed E-state index contributed by atoms with van der Waals surface area (Å²) in [7, 11) is 0. The summed E-state index contributed by atoms with van der Waals surface area (Å²) in [5.41, 5.74) is 1.12. The van der Waals surface area contributed by atoms with E-state index in [0.717, 1.165) is 36.7 Å². The summed E-state index contributed by atoms with van der Waals surface area (Å²) in [6.45, 7) is 0.738. The van der Waals surface area contributed by atoms with Crippen molar-refractivity contribution in [1.29, 1.82) is 0 Å². The molecule has 1 heterocycles. The van der Waals surface area contributed by atoms with Crippen molar-refractivity contribution in [3.63, 3.8) is 0 Å². The van der Waals surface area contributed by atoms with Gasteiger partial charge >= 0.3 is 0 Å². The van der Waals surface area contributed by atoms with Gasteiger partial charge in [-0.1, -0.05) is 23.7 Å². The molecule has 5 heteroatoms. The molecule has 4 nitrogen and oxygen atoms in total. The first-order valence-electron chi connectivity index (χ1n) is 6.80. The molecule has 0 saturated heterocycles. The minimum atomic E-state index is -0.0871. The van der Waals surface area contributed by atoms with Crippen LogP contribution in [0, 0.1) is 0 Å². The first kappa shape index (κ1) is 13.2. The molecule has 1 aliphatic rings. The number of hydrogen-bond donors (Lipinski definition) is 2. The van der Waals surface area contributed by atoms with E-state index in [-0.39, 0.29) is 5.56 Å². The molecule has 3 rings (SSSR count). The van der Waals surface area contributed by atoms with Crippen LogP contribution in [-0.4, -0.2) is 16.5 Å². The lowest BCUT2D eigenvalue weighted by molar-refractivity contribution is 0.899. The Bertz CT molecular complexity index is 647. The van der Waals surface area contributed by atoms with E-state index in [1.54, 1.807) is 0 Å². The predicted molar refractivity (Wildman–Crippen MR) is 80.5 cm³/mol. The normalized spacial score (nSPS) is 14.2. The van der Waals surface area contributed by atoms with Crippen LogP contribution in [0.2, 0.25) is 5.02 Å². The molecule has 104 valence electrons. The summed E-state index contributed by atoms with van der Waals surface area (Å²) < 4.78 is 0. The van der Waals surface area contributed by atoms with Crippen LogP contribution in [0.5, 0.6) is 0 Å². The minimum absolute atomic E-state index is 0.0871. The lowest BCUT2D eigenvalue weighted by Gasteiger charge is -2.07. The highest BCUT2D eigenvalue weighted by molar-refractivity contribution is 6.30. The third-order valence-electron chi connectivity index (χ3n) is 3.36. The van der Waals surface area contributed by atoms with Gasteiger partial charge < -0.3 is 10.3 Å². The topological polar surface area (TPSA) is 57.8 Å². The molecule has 1 aromatic carbocycles. The molecule has 0 atom stereocenters. The van der Waals surface area contributed by atoms with E-state index in [0.29, 0.717) is 11.7 Å². The summed E-state index contributed by atoms with van der Waals surface area (Å²) >= 11 is 5.85. The summed E-state index contributed by atoms with van der Waals surface area (Å²) in [5.74, 6) is 1.91. The van der Waals surface area contributed by atoms with Crippen molar-refractivity contribution in [3.05, 3.63) is 57.1 Å². The Morgan fingerprint density at radius 2 is 2.05 bits per heavy atom. The first-order valence-corrected chi connectivity index (χ1v) is 7.18. The molecule has 0 unspecified atom stereocenters. The van der Waals surface area contributed by atoms with Gasteiger partial charge in [-0.25, -0.2) is 4.98 Å². The molecule has 0 aliphatic heterocycles. The molecule has 0 radical (unpaired) electrons. The Labute approximate surface area is 122 Å². The van der Waals surface area contributed by atoms with Gasteiger partial charge in [-0.3, -0.25) is 4.79 Å². The molecule has 1 aromatic heterocycles. The largest absolute Gasteiger partial charge is 0.370 e. The van der Waals surface area contributed by atoms with Crippen molar-refractivity contribution in [3.8, 4) is 0 Å². The van der Waals surface area contributed by atoms with E-state index >= 15 is 0 Å². The van der Waals surface area contributed by atoms with Gasteiger partial charge in [0.15, 0.2) is 0 Å². The van der Waals surface area contributed by atoms with Crippen LogP contribution in [0.25, 0.3) is 0 Å². The lowest BCUT2D eigenvalue weighted by Crippen LogP contribution is -2.14. The number of halogens is 1. The smallest absolute Gasteiger partial charge is 0.252 e. The van der Waals surface area contributed by atoms with Crippen molar-refractivity contribution in [2.75, 3.05) is 11.9 Å². The molecule has 0 bridgehead atoms. The van der Waals surface area contributed by atoms with Gasteiger partial charge in [0, 0.05) is 23.6 Å². The number of benzene rings is 1. The van der Waals surface area contributed by atoms with Crippen LogP contribution < -0.4 is 10.9 Å². The Morgan fingerprint density at radius 1 is 1.30 bits per heavy atom.